The minimum atomic E-state index is -3.22. The van der Waals surface area contributed by atoms with Gasteiger partial charge in [0, 0.05) is 26.7 Å². The van der Waals surface area contributed by atoms with Gasteiger partial charge >= 0.3 is 0 Å². The highest BCUT2D eigenvalue weighted by Crippen LogP contribution is 2.36. The first-order valence-corrected chi connectivity index (χ1v) is 10.3. The number of benzene rings is 2. The molecule has 1 fully saturated rings. The molecule has 1 heterocycles. The van der Waals surface area contributed by atoms with Crippen LogP contribution in [0, 0.1) is 0 Å². The fraction of sp³-hybridized carbons (Fsp3) is 0.400. The number of methoxy groups -OCH3 is 1. The van der Waals surface area contributed by atoms with Crippen LogP contribution in [0.5, 0.6) is 0 Å². The molecule has 1 saturated heterocycles. The zero-order valence-electron chi connectivity index (χ0n) is 14.6. The molecule has 0 saturated carbocycles. The number of piperidine rings is 1. The smallest absolute Gasteiger partial charge is 0.179 e. The van der Waals surface area contributed by atoms with Crippen molar-refractivity contribution in [3.63, 3.8) is 0 Å². The highest BCUT2D eigenvalue weighted by Gasteiger charge is 2.36. The molecule has 0 spiro atoms. The normalized spacial score (nSPS) is 18.1. The van der Waals surface area contributed by atoms with Gasteiger partial charge in [0.05, 0.1) is 16.2 Å². The quantitative estimate of drug-likeness (QED) is 0.795. The Balaban J connectivity index is 1.59. The van der Waals surface area contributed by atoms with Crippen molar-refractivity contribution in [2.75, 3.05) is 32.5 Å². The summed E-state index contributed by atoms with van der Waals surface area (Å²) in [6.45, 7) is 2.24. The van der Waals surface area contributed by atoms with Crippen LogP contribution >= 0.6 is 0 Å². The molecule has 3 rings (SSSR count). The number of sulfone groups is 1. The van der Waals surface area contributed by atoms with Gasteiger partial charge in [0.1, 0.15) is 0 Å². The van der Waals surface area contributed by atoms with Gasteiger partial charge in [-0.2, -0.15) is 0 Å². The van der Waals surface area contributed by atoms with Crippen molar-refractivity contribution in [2.24, 2.45) is 0 Å². The fourth-order valence-corrected chi connectivity index (χ4v) is 4.79. The van der Waals surface area contributed by atoms with Gasteiger partial charge < -0.3 is 9.64 Å². The first kappa shape index (κ1) is 18.1. The van der Waals surface area contributed by atoms with E-state index in [0.29, 0.717) is 11.4 Å². The number of likely N-dealkylation sites (tertiary alicyclic amines) is 1. The second-order valence-corrected chi connectivity index (χ2v) is 8.65. The molecule has 0 aromatic heterocycles. The molecule has 5 heteroatoms. The van der Waals surface area contributed by atoms with Crippen molar-refractivity contribution in [3.8, 4) is 0 Å². The average molecular weight is 359 g/mol. The summed E-state index contributed by atoms with van der Waals surface area (Å²) < 4.78 is 30.7. The lowest BCUT2D eigenvalue weighted by Gasteiger charge is -2.41. The Hall–Kier alpha value is -1.69. The lowest BCUT2D eigenvalue weighted by Crippen LogP contribution is -2.45. The zero-order chi connectivity index (χ0) is 17.8. The van der Waals surface area contributed by atoms with Crippen molar-refractivity contribution < 1.29 is 13.2 Å². The minimum Gasteiger partial charge on any atom is -0.373 e. The second-order valence-electron chi connectivity index (χ2n) is 6.54. The molecule has 0 amide bonds. The Morgan fingerprint density at radius 2 is 1.52 bits per heavy atom. The molecule has 0 radical (unpaired) electrons. The second kappa shape index (κ2) is 7.68. The van der Waals surface area contributed by atoms with Crippen molar-refractivity contribution in [1.29, 1.82) is 0 Å². The van der Waals surface area contributed by atoms with E-state index in [4.69, 9.17) is 4.74 Å². The summed E-state index contributed by atoms with van der Waals surface area (Å²) >= 11 is 0. The maximum atomic E-state index is 12.4. The van der Waals surface area contributed by atoms with Crippen LogP contribution in [-0.4, -0.2) is 45.8 Å². The van der Waals surface area contributed by atoms with Gasteiger partial charge in [0.15, 0.2) is 9.84 Å². The molecule has 1 aliphatic rings. The molecule has 0 N–H and O–H groups in total. The van der Waals surface area contributed by atoms with Gasteiger partial charge in [-0.25, -0.2) is 8.42 Å². The Morgan fingerprint density at radius 1 is 0.960 bits per heavy atom. The van der Waals surface area contributed by atoms with E-state index >= 15 is 0 Å². The van der Waals surface area contributed by atoms with Crippen molar-refractivity contribution >= 4 is 9.84 Å². The fourth-order valence-electron chi connectivity index (χ4n) is 3.49. The van der Waals surface area contributed by atoms with Crippen LogP contribution in [0.15, 0.2) is 65.6 Å². The predicted molar refractivity (Wildman–Crippen MR) is 99.3 cm³/mol. The van der Waals surface area contributed by atoms with Gasteiger partial charge in [-0.1, -0.05) is 48.5 Å². The largest absolute Gasteiger partial charge is 0.373 e. The van der Waals surface area contributed by atoms with E-state index in [0.717, 1.165) is 25.9 Å². The molecule has 2 aromatic rings. The number of hydrogen-bond donors (Lipinski definition) is 0. The van der Waals surface area contributed by atoms with E-state index in [1.54, 1.807) is 31.4 Å². The summed E-state index contributed by atoms with van der Waals surface area (Å²) in [5.41, 5.74) is 0.949. The summed E-state index contributed by atoms with van der Waals surface area (Å²) in [6, 6.07) is 19.0. The molecular formula is C20H25NO3S. The van der Waals surface area contributed by atoms with Gasteiger partial charge in [0.2, 0.25) is 0 Å². The van der Waals surface area contributed by atoms with Gasteiger partial charge in [-0.15, -0.1) is 0 Å². The highest BCUT2D eigenvalue weighted by molar-refractivity contribution is 7.91. The van der Waals surface area contributed by atoms with Gasteiger partial charge in [-0.05, 0) is 30.5 Å². The molecule has 134 valence electrons. The van der Waals surface area contributed by atoms with Gasteiger partial charge in [-0.3, -0.25) is 0 Å². The Bertz CT molecular complexity index is 767. The van der Waals surface area contributed by atoms with Crippen LogP contribution in [0.25, 0.3) is 0 Å². The first-order chi connectivity index (χ1) is 12.1. The zero-order valence-corrected chi connectivity index (χ0v) is 15.4. The Labute approximate surface area is 150 Å². The third kappa shape index (κ3) is 4.11. The van der Waals surface area contributed by atoms with Gasteiger partial charge in [0.25, 0.3) is 0 Å². The first-order valence-electron chi connectivity index (χ1n) is 8.67. The molecule has 25 heavy (non-hydrogen) atoms. The summed E-state index contributed by atoms with van der Waals surface area (Å²) in [4.78, 5) is 2.63. The van der Waals surface area contributed by atoms with Crippen LogP contribution in [0.1, 0.15) is 18.4 Å². The molecule has 0 bridgehead atoms. The summed E-state index contributed by atoms with van der Waals surface area (Å²) in [5, 5.41) is 0. The lowest BCUT2D eigenvalue weighted by atomic mass is 9.84. The van der Waals surface area contributed by atoms with Crippen LogP contribution < -0.4 is 0 Å². The van der Waals surface area contributed by atoms with E-state index in [-0.39, 0.29) is 11.4 Å². The average Bonchev–Trinajstić information content (AvgIpc) is 2.68. The van der Waals surface area contributed by atoms with Crippen LogP contribution in [-0.2, 0) is 20.2 Å². The summed E-state index contributed by atoms with van der Waals surface area (Å²) in [5.74, 6) is 0.155. The van der Waals surface area contributed by atoms with E-state index in [2.05, 4.69) is 17.0 Å². The standard InChI is InChI=1S/C20H25NO3S/c1-24-20(18-8-4-2-5-9-18)12-14-21(15-13-20)16-17-25(22,23)19-10-6-3-7-11-19/h2-11H,12-17H2,1H3. The van der Waals surface area contributed by atoms with Crippen LogP contribution in [0.2, 0.25) is 0 Å². The number of hydrogen-bond acceptors (Lipinski definition) is 4. The third-order valence-corrected chi connectivity index (χ3v) is 6.84. The molecule has 2 aromatic carbocycles. The summed E-state index contributed by atoms with van der Waals surface area (Å²) in [7, 11) is -1.45. The maximum Gasteiger partial charge on any atom is 0.179 e. The van der Waals surface area contributed by atoms with Crippen LogP contribution in [0.3, 0.4) is 0 Å². The van der Waals surface area contributed by atoms with Crippen molar-refractivity contribution in [1.82, 2.24) is 4.90 Å². The van der Waals surface area contributed by atoms with E-state index in [1.165, 1.54) is 5.56 Å². The maximum absolute atomic E-state index is 12.4. The molecule has 0 unspecified atom stereocenters. The summed E-state index contributed by atoms with van der Waals surface area (Å²) in [6.07, 6.45) is 1.75. The third-order valence-electron chi connectivity index (χ3n) is 5.13. The Morgan fingerprint density at radius 3 is 2.08 bits per heavy atom. The number of rotatable bonds is 6. The van der Waals surface area contributed by atoms with Crippen molar-refractivity contribution in [2.45, 2.75) is 23.3 Å². The topological polar surface area (TPSA) is 46.6 Å². The van der Waals surface area contributed by atoms with E-state index < -0.39 is 9.84 Å². The number of nitrogens with zero attached hydrogens (tertiary/aromatic N) is 1. The molecule has 0 atom stereocenters. The van der Waals surface area contributed by atoms with E-state index in [1.807, 2.05) is 24.3 Å². The Kier molecular flexibility index (Phi) is 5.57. The molecule has 1 aliphatic heterocycles. The minimum absolute atomic E-state index is 0.155. The predicted octanol–water partition coefficient (Wildman–Crippen LogP) is 3.10. The monoisotopic (exact) mass is 359 g/mol. The van der Waals surface area contributed by atoms with Crippen LogP contribution in [0.4, 0.5) is 0 Å². The molecule has 4 nitrogen and oxygen atoms in total. The molecule has 0 aliphatic carbocycles. The molecular weight excluding hydrogens is 334 g/mol. The van der Waals surface area contributed by atoms with Crippen molar-refractivity contribution in [3.05, 3.63) is 66.2 Å². The van der Waals surface area contributed by atoms with E-state index in [9.17, 15) is 8.42 Å². The highest BCUT2D eigenvalue weighted by atomic mass is 32.2. The SMILES string of the molecule is COC1(c2ccccc2)CCN(CCS(=O)(=O)c2ccccc2)CC1. The number of ether oxygens (including phenoxy) is 1. The lowest BCUT2D eigenvalue weighted by molar-refractivity contribution is -0.0614.